The van der Waals surface area contributed by atoms with Crippen LogP contribution in [0.4, 0.5) is 5.13 Å². The average molecular weight is 308 g/mol. The molecule has 2 N–H and O–H groups in total. The van der Waals surface area contributed by atoms with Gasteiger partial charge in [0.15, 0.2) is 0 Å². The summed E-state index contributed by atoms with van der Waals surface area (Å²) in [6.45, 7) is 3.13. The molecule has 1 rings (SSSR count). The van der Waals surface area contributed by atoms with E-state index in [1.54, 1.807) is 0 Å². The van der Waals surface area contributed by atoms with Gasteiger partial charge in [-0.1, -0.05) is 0 Å². The van der Waals surface area contributed by atoms with Gasteiger partial charge in [0.25, 0.3) is 0 Å². The summed E-state index contributed by atoms with van der Waals surface area (Å²) in [7, 11) is 0. The largest absolute Gasteiger partial charge is 0.465 e. The van der Waals surface area contributed by atoms with Gasteiger partial charge in [0.2, 0.25) is 0 Å². The fourth-order valence-electron chi connectivity index (χ4n) is 1.04. The Balaban J connectivity index is 2.56. The highest BCUT2D eigenvalue weighted by Gasteiger charge is 2.15. The molecule has 1 amide bonds. The number of aromatic amines is 1. The van der Waals surface area contributed by atoms with E-state index in [1.165, 1.54) is 25.2 Å². The maximum atomic E-state index is 10.8. The molecule has 7 heteroatoms. The van der Waals surface area contributed by atoms with Crippen molar-refractivity contribution < 1.29 is 19.3 Å². The lowest BCUT2D eigenvalue weighted by Crippen LogP contribution is -2.17. The molecule has 1 heterocycles. The standard InChI is InChI=1S/C9H11BrN2O3S/c1-5(13)11-9-12-7(8(10)16-9)3-4-15-6(2)14/h3-4H2,1-2H3,(H,11,12,13)/p+1. The number of H-pyrrole nitrogens is 1. The zero-order chi connectivity index (χ0) is 12.1. The molecule has 0 saturated carbocycles. The predicted molar refractivity (Wildman–Crippen MR) is 63.2 cm³/mol. The molecule has 16 heavy (non-hydrogen) atoms. The number of carbonyl (C=O) groups is 2. The Morgan fingerprint density at radius 2 is 2.19 bits per heavy atom. The quantitative estimate of drug-likeness (QED) is 0.855. The number of ether oxygens (including phenoxy) is 1. The van der Waals surface area contributed by atoms with Gasteiger partial charge in [0.1, 0.15) is 9.48 Å². The highest BCUT2D eigenvalue weighted by Crippen LogP contribution is 2.25. The van der Waals surface area contributed by atoms with E-state index in [9.17, 15) is 9.59 Å². The van der Waals surface area contributed by atoms with Crippen LogP contribution < -0.4 is 10.3 Å². The number of nitrogens with one attached hydrogen (secondary N) is 2. The van der Waals surface area contributed by atoms with Crippen LogP contribution in [0, 0.1) is 0 Å². The lowest BCUT2D eigenvalue weighted by molar-refractivity contribution is -0.367. The second-order valence-electron chi connectivity index (χ2n) is 3.08. The van der Waals surface area contributed by atoms with Gasteiger partial charge in [-0.25, -0.2) is 15.1 Å². The summed E-state index contributed by atoms with van der Waals surface area (Å²) >= 11 is 4.76. The van der Waals surface area contributed by atoms with Crippen molar-refractivity contribution in [1.29, 1.82) is 0 Å². The molecule has 0 saturated heterocycles. The normalized spacial score (nSPS) is 9.94. The van der Waals surface area contributed by atoms with Crippen molar-refractivity contribution in [2.75, 3.05) is 11.9 Å². The van der Waals surface area contributed by atoms with Gasteiger partial charge >= 0.3 is 17.0 Å². The van der Waals surface area contributed by atoms with Crippen LogP contribution in [0.15, 0.2) is 3.79 Å². The van der Waals surface area contributed by atoms with Crippen LogP contribution in [-0.2, 0) is 20.7 Å². The van der Waals surface area contributed by atoms with E-state index in [0.29, 0.717) is 18.2 Å². The minimum Gasteiger partial charge on any atom is -0.465 e. The van der Waals surface area contributed by atoms with E-state index in [0.717, 1.165) is 9.48 Å². The first-order valence-electron chi connectivity index (χ1n) is 4.60. The highest BCUT2D eigenvalue weighted by molar-refractivity contribution is 9.11. The number of halogens is 1. The van der Waals surface area contributed by atoms with E-state index in [2.05, 4.69) is 26.2 Å². The van der Waals surface area contributed by atoms with Crippen LogP contribution in [0.3, 0.4) is 0 Å². The fraction of sp³-hybridized carbons (Fsp3) is 0.444. The summed E-state index contributed by atoms with van der Waals surface area (Å²) in [5.41, 5.74) is 0.898. The third-order valence-electron chi connectivity index (χ3n) is 1.64. The molecule has 0 spiro atoms. The van der Waals surface area contributed by atoms with Crippen LogP contribution in [-0.4, -0.2) is 18.5 Å². The summed E-state index contributed by atoms with van der Waals surface area (Å²) < 4.78 is 5.72. The first-order chi connectivity index (χ1) is 7.49. The first kappa shape index (κ1) is 13.1. The minimum absolute atomic E-state index is 0.128. The van der Waals surface area contributed by atoms with E-state index < -0.39 is 0 Å². The van der Waals surface area contributed by atoms with Crippen LogP contribution >= 0.6 is 27.3 Å². The molecule has 0 aliphatic carbocycles. The van der Waals surface area contributed by atoms with Gasteiger partial charge in [-0.2, -0.15) is 0 Å². The number of hydrogen-bond acceptors (Lipinski definition) is 4. The van der Waals surface area contributed by atoms with Crippen molar-refractivity contribution in [3.05, 3.63) is 9.48 Å². The van der Waals surface area contributed by atoms with Gasteiger partial charge in [0.05, 0.1) is 6.61 Å². The Bertz CT molecular complexity index is 405. The molecule has 0 radical (unpaired) electrons. The molecule has 0 unspecified atom stereocenters. The number of aromatic nitrogens is 1. The Hall–Kier alpha value is -0.950. The molecule has 0 aromatic carbocycles. The zero-order valence-corrected chi connectivity index (χ0v) is 11.3. The highest BCUT2D eigenvalue weighted by atomic mass is 79.9. The third-order valence-corrected chi connectivity index (χ3v) is 3.44. The summed E-state index contributed by atoms with van der Waals surface area (Å²) in [5, 5.41) is 3.32. The van der Waals surface area contributed by atoms with E-state index >= 15 is 0 Å². The Labute approximate surface area is 105 Å². The molecule has 1 aromatic heterocycles. The second-order valence-corrected chi connectivity index (χ2v) is 5.42. The predicted octanol–water partition coefficient (Wildman–Crippen LogP) is 1.39. The summed E-state index contributed by atoms with van der Waals surface area (Å²) in [6, 6.07) is 0. The van der Waals surface area contributed by atoms with Crippen LogP contribution in [0.25, 0.3) is 0 Å². The molecule has 88 valence electrons. The maximum absolute atomic E-state index is 10.8. The van der Waals surface area contributed by atoms with Gasteiger partial charge in [-0.3, -0.25) is 4.79 Å². The molecule has 0 aliphatic heterocycles. The van der Waals surface area contributed by atoms with Gasteiger partial charge < -0.3 is 4.74 Å². The SMILES string of the molecule is CC(=O)Nc1[nH+]c(CCOC(C)=O)c(Br)s1. The van der Waals surface area contributed by atoms with Gasteiger partial charge in [-0.15, -0.1) is 0 Å². The lowest BCUT2D eigenvalue weighted by atomic mass is 10.4. The monoisotopic (exact) mass is 307 g/mol. The Kier molecular flexibility index (Phi) is 4.88. The Morgan fingerprint density at radius 3 is 2.75 bits per heavy atom. The zero-order valence-electron chi connectivity index (χ0n) is 8.93. The number of thiazole rings is 1. The number of rotatable bonds is 4. The molecule has 0 atom stereocenters. The summed E-state index contributed by atoms with van der Waals surface area (Å²) in [6.07, 6.45) is 0.580. The van der Waals surface area contributed by atoms with Crippen molar-refractivity contribution in [3.8, 4) is 0 Å². The molecular formula is C9H12BrN2O3S+. The molecule has 5 nitrogen and oxygen atoms in total. The summed E-state index contributed by atoms with van der Waals surface area (Å²) in [4.78, 5) is 24.4. The third kappa shape index (κ3) is 4.28. The van der Waals surface area contributed by atoms with Crippen molar-refractivity contribution in [1.82, 2.24) is 0 Å². The molecule has 0 fully saturated rings. The minimum atomic E-state index is -0.298. The Morgan fingerprint density at radius 1 is 1.50 bits per heavy atom. The number of esters is 1. The van der Waals surface area contributed by atoms with Gasteiger partial charge in [0, 0.05) is 20.3 Å². The van der Waals surface area contributed by atoms with E-state index in [-0.39, 0.29) is 11.9 Å². The van der Waals surface area contributed by atoms with Crippen molar-refractivity contribution in [2.24, 2.45) is 0 Å². The number of hydrogen-bond donors (Lipinski definition) is 1. The summed E-state index contributed by atoms with van der Waals surface area (Å²) in [5.74, 6) is -0.426. The molecular weight excluding hydrogens is 296 g/mol. The van der Waals surface area contributed by atoms with E-state index in [4.69, 9.17) is 4.74 Å². The van der Waals surface area contributed by atoms with Gasteiger partial charge in [-0.05, 0) is 27.3 Å². The maximum Gasteiger partial charge on any atom is 0.340 e. The topological polar surface area (TPSA) is 69.5 Å². The smallest absolute Gasteiger partial charge is 0.340 e. The van der Waals surface area contributed by atoms with Crippen LogP contribution in [0.5, 0.6) is 0 Å². The second kappa shape index (κ2) is 5.95. The lowest BCUT2D eigenvalue weighted by Gasteiger charge is -1.97. The van der Waals surface area contributed by atoms with E-state index in [1.807, 2.05) is 0 Å². The molecule has 1 aromatic rings. The molecule has 0 aliphatic rings. The van der Waals surface area contributed by atoms with Crippen LogP contribution in [0.1, 0.15) is 19.5 Å². The van der Waals surface area contributed by atoms with Crippen LogP contribution in [0.2, 0.25) is 0 Å². The fourth-order valence-corrected chi connectivity index (χ4v) is 2.64. The number of anilines is 1. The van der Waals surface area contributed by atoms with Crippen molar-refractivity contribution in [2.45, 2.75) is 20.3 Å². The molecule has 0 bridgehead atoms. The number of carbonyl (C=O) groups excluding carboxylic acids is 2. The van der Waals surface area contributed by atoms with Crippen molar-refractivity contribution in [3.63, 3.8) is 0 Å². The van der Waals surface area contributed by atoms with Crippen molar-refractivity contribution >= 4 is 44.3 Å². The number of amides is 1. The first-order valence-corrected chi connectivity index (χ1v) is 6.21. The average Bonchev–Trinajstić information content (AvgIpc) is 2.45.